The second kappa shape index (κ2) is 16.7. The third kappa shape index (κ3) is 13.7. The molecule has 0 aliphatic heterocycles. The fourth-order valence-corrected chi connectivity index (χ4v) is 3.33. The van der Waals surface area contributed by atoms with Crippen LogP contribution in [0.3, 0.4) is 0 Å². The Morgan fingerprint density at radius 2 is 1.10 bits per heavy atom. The Morgan fingerprint density at radius 3 is 1.45 bits per heavy atom. The van der Waals surface area contributed by atoms with Crippen molar-refractivity contribution in [3.05, 3.63) is 12.2 Å². The topological polar surface area (TPSA) is 57.5 Å². The molecule has 0 aliphatic rings. The molecular weight excluding hydrogens is 381 g/mol. The molecule has 0 rings (SSSR count). The van der Waals surface area contributed by atoms with Crippen molar-refractivity contribution in [1.82, 2.24) is 0 Å². The van der Waals surface area contributed by atoms with E-state index in [1.165, 1.54) is 83.1 Å². The Kier molecular flexibility index (Phi) is 16.1. The van der Waals surface area contributed by atoms with Gasteiger partial charge in [0.15, 0.2) is 0 Å². The lowest BCUT2D eigenvalue weighted by Crippen LogP contribution is -2.51. The van der Waals surface area contributed by atoms with Crippen LogP contribution < -0.4 is 0 Å². The van der Waals surface area contributed by atoms with Crippen LogP contribution in [0.2, 0.25) is 0 Å². The molecule has 0 amide bonds. The zero-order valence-corrected chi connectivity index (χ0v) is 18.1. The molecule has 3 nitrogen and oxygen atoms in total. The lowest BCUT2D eigenvalue weighted by atomic mass is 9.98. The maximum Gasteiger partial charge on any atom is 0.428 e. The van der Waals surface area contributed by atoms with E-state index in [0.29, 0.717) is 6.42 Å². The van der Waals surface area contributed by atoms with Crippen LogP contribution in [-0.4, -0.2) is 28.0 Å². The van der Waals surface area contributed by atoms with E-state index in [-0.39, 0.29) is 0 Å². The number of hydrogen-bond acceptors (Lipinski definition) is 2. The summed E-state index contributed by atoms with van der Waals surface area (Å²) in [7, 11) is 0. The first kappa shape index (κ1) is 28.0. The van der Waals surface area contributed by atoms with Crippen LogP contribution in [0.4, 0.5) is 13.2 Å². The summed E-state index contributed by atoms with van der Waals surface area (Å²) in [6.45, 7) is 2.24. The first-order chi connectivity index (χ1) is 13.8. The van der Waals surface area contributed by atoms with Gasteiger partial charge in [0.05, 0.1) is 0 Å². The number of aliphatic hydroxyl groups is 1. The van der Waals surface area contributed by atoms with E-state index in [1.807, 2.05) is 0 Å². The molecule has 2 N–H and O–H groups in total. The SMILES string of the molecule is CCCCCCCCCCCCCCCCC/C=C/CC(O)(C(=O)O)C(F)(F)F. The van der Waals surface area contributed by atoms with E-state index in [9.17, 15) is 23.1 Å². The van der Waals surface area contributed by atoms with E-state index in [4.69, 9.17) is 5.11 Å². The van der Waals surface area contributed by atoms with E-state index in [1.54, 1.807) is 0 Å². The molecule has 0 aromatic carbocycles. The summed E-state index contributed by atoms with van der Waals surface area (Å²) in [5, 5.41) is 17.9. The Hall–Kier alpha value is -1.04. The van der Waals surface area contributed by atoms with Crippen molar-refractivity contribution < 1.29 is 28.2 Å². The average Bonchev–Trinajstić information content (AvgIpc) is 2.65. The summed E-state index contributed by atoms with van der Waals surface area (Å²) in [6.07, 6.45) is 16.0. The first-order valence-corrected chi connectivity index (χ1v) is 11.4. The van der Waals surface area contributed by atoms with Crippen LogP contribution in [0.5, 0.6) is 0 Å². The summed E-state index contributed by atoms with van der Waals surface area (Å²) in [4.78, 5) is 10.7. The molecule has 6 heteroatoms. The molecule has 0 radical (unpaired) electrons. The Labute approximate surface area is 174 Å². The van der Waals surface area contributed by atoms with Gasteiger partial charge >= 0.3 is 12.1 Å². The van der Waals surface area contributed by atoms with Crippen LogP contribution in [0.1, 0.15) is 116 Å². The number of hydrogen-bond donors (Lipinski definition) is 2. The normalized spacial score (nSPS) is 14.4. The monoisotopic (exact) mass is 422 g/mol. The molecule has 0 heterocycles. The van der Waals surface area contributed by atoms with Crippen molar-refractivity contribution in [2.75, 3.05) is 0 Å². The Balaban J connectivity index is 3.49. The molecule has 0 aromatic heterocycles. The van der Waals surface area contributed by atoms with Crippen molar-refractivity contribution in [2.45, 2.75) is 128 Å². The lowest BCUT2D eigenvalue weighted by molar-refractivity contribution is -0.258. The van der Waals surface area contributed by atoms with Gasteiger partial charge in [-0.05, 0) is 12.8 Å². The third-order valence-electron chi connectivity index (χ3n) is 5.38. The second-order valence-electron chi connectivity index (χ2n) is 8.08. The molecule has 29 heavy (non-hydrogen) atoms. The minimum absolute atomic E-state index is 0.603. The number of alkyl halides is 3. The molecule has 0 saturated heterocycles. The highest BCUT2D eigenvalue weighted by molar-refractivity contribution is 5.78. The molecule has 0 bridgehead atoms. The fraction of sp³-hybridized carbons (Fsp3) is 0.870. The summed E-state index contributed by atoms with van der Waals surface area (Å²) in [6, 6.07) is 0. The average molecular weight is 423 g/mol. The van der Waals surface area contributed by atoms with Crippen LogP contribution in [-0.2, 0) is 4.79 Å². The summed E-state index contributed by atoms with van der Waals surface area (Å²) in [5.74, 6) is -2.26. The standard InChI is InChI=1S/C23H41F3O3/c1-2-3-4-5-6-7-8-9-10-11-12-13-14-15-16-17-18-19-20-22(29,21(27)28)23(24,25)26/h18-19,29H,2-17,20H2,1H3,(H,27,28)/b19-18+. The van der Waals surface area contributed by atoms with Gasteiger partial charge in [0.1, 0.15) is 0 Å². The predicted molar refractivity (Wildman–Crippen MR) is 112 cm³/mol. The minimum Gasteiger partial charge on any atom is -0.479 e. The Bertz CT molecular complexity index is 436. The van der Waals surface area contributed by atoms with Gasteiger partial charge in [0.25, 0.3) is 5.60 Å². The van der Waals surface area contributed by atoms with Crippen molar-refractivity contribution in [2.24, 2.45) is 0 Å². The molecule has 1 unspecified atom stereocenters. The number of halogens is 3. The number of allylic oxidation sites excluding steroid dienone is 1. The van der Waals surface area contributed by atoms with Gasteiger partial charge in [0.2, 0.25) is 0 Å². The van der Waals surface area contributed by atoms with Crippen molar-refractivity contribution in [3.8, 4) is 0 Å². The van der Waals surface area contributed by atoms with Gasteiger partial charge in [-0.15, -0.1) is 0 Å². The minimum atomic E-state index is -5.18. The van der Waals surface area contributed by atoms with E-state index in [0.717, 1.165) is 25.3 Å². The lowest BCUT2D eigenvalue weighted by Gasteiger charge is -2.24. The van der Waals surface area contributed by atoms with E-state index >= 15 is 0 Å². The summed E-state index contributed by atoms with van der Waals surface area (Å²) in [5.41, 5.74) is -3.70. The summed E-state index contributed by atoms with van der Waals surface area (Å²) >= 11 is 0. The van der Waals surface area contributed by atoms with Crippen LogP contribution >= 0.6 is 0 Å². The molecule has 172 valence electrons. The zero-order valence-electron chi connectivity index (χ0n) is 18.1. The number of aliphatic carboxylic acids is 1. The maximum absolute atomic E-state index is 12.6. The molecule has 0 aromatic rings. The van der Waals surface area contributed by atoms with Gasteiger partial charge < -0.3 is 10.2 Å². The van der Waals surface area contributed by atoms with Gasteiger partial charge in [-0.1, -0.05) is 109 Å². The Morgan fingerprint density at radius 1 is 0.724 bits per heavy atom. The summed E-state index contributed by atoms with van der Waals surface area (Å²) < 4.78 is 37.8. The predicted octanol–water partition coefficient (Wildman–Crippen LogP) is 7.57. The highest BCUT2D eigenvalue weighted by atomic mass is 19.4. The largest absolute Gasteiger partial charge is 0.479 e. The fourth-order valence-electron chi connectivity index (χ4n) is 3.33. The molecule has 0 spiro atoms. The number of carboxylic acid groups (broad SMARTS) is 1. The van der Waals surface area contributed by atoms with Crippen molar-refractivity contribution in [1.29, 1.82) is 0 Å². The van der Waals surface area contributed by atoms with Crippen molar-refractivity contribution >= 4 is 5.97 Å². The smallest absolute Gasteiger partial charge is 0.428 e. The van der Waals surface area contributed by atoms with E-state index in [2.05, 4.69) is 6.92 Å². The number of carbonyl (C=O) groups is 1. The maximum atomic E-state index is 12.6. The van der Waals surface area contributed by atoms with Crippen molar-refractivity contribution in [3.63, 3.8) is 0 Å². The van der Waals surface area contributed by atoms with Crippen LogP contribution in [0.25, 0.3) is 0 Å². The van der Waals surface area contributed by atoms with E-state index < -0.39 is 24.2 Å². The molecule has 0 fully saturated rings. The zero-order chi connectivity index (χ0) is 22.0. The first-order valence-electron chi connectivity index (χ1n) is 11.4. The molecular formula is C23H41F3O3. The van der Waals surface area contributed by atoms with Gasteiger partial charge in [0, 0.05) is 6.42 Å². The van der Waals surface area contributed by atoms with Gasteiger partial charge in [-0.25, -0.2) is 4.79 Å². The quantitative estimate of drug-likeness (QED) is 0.167. The van der Waals surface area contributed by atoms with Gasteiger partial charge in [-0.3, -0.25) is 0 Å². The number of unbranched alkanes of at least 4 members (excludes halogenated alkanes) is 15. The molecule has 0 saturated carbocycles. The number of rotatable bonds is 19. The third-order valence-corrected chi connectivity index (χ3v) is 5.38. The van der Waals surface area contributed by atoms with Crippen LogP contribution in [0, 0.1) is 0 Å². The highest BCUT2D eigenvalue weighted by Crippen LogP contribution is 2.33. The van der Waals surface area contributed by atoms with Crippen LogP contribution in [0.15, 0.2) is 12.2 Å². The molecule has 0 aliphatic carbocycles. The highest BCUT2D eigenvalue weighted by Gasteiger charge is 2.59. The van der Waals surface area contributed by atoms with Gasteiger partial charge in [-0.2, -0.15) is 13.2 Å². The number of carboxylic acids is 1. The molecule has 1 atom stereocenters. The second-order valence-corrected chi connectivity index (χ2v) is 8.08.